The highest BCUT2D eigenvalue weighted by molar-refractivity contribution is 6.00. The summed E-state index contributed by atoms with van der Waals surface area (Å²) >= 11 is 0. The monoisotopic (exact) mass is 278 g/mol. The van der Waals surface area contributed by atoms with Crippen molar-refractivity contribution in [3.8, 4) is 0 Å². The van der Waals surface area contributed by atoms with E-state index in [1.54, 1.807) is 0 Å². The number of hydrogen-bond acceptors (Lipinski definition) is 2. The number of rotatable bonds is 4. The fourth-order valence-corrected chi connectivity index (χ4v) is 3.75. The minimum absolute atomic E-state index is 0.120. The van der Waals surface area contributed by atoms with Crippen LogP contribution in [0.15, 0.2) is 0 Å². The lowest BCUT2D eigenvalue weighted by Crippen LogP contribution is -2.70. The van der Waals surface area contributed by atoms with Crippen LogP contribution in [0.1, 0.15) is 58.8 Å². The molecule has 2 atom stereocenters. The molecule has 0 aromatic rings. The molecule has 0 bridgehead atoms. The van der Waals surface area contributed by atoms with Crippen molar-refractivity contribution in [3.63, 3.8) is 0 Å². The zero-order chi connectivity index (χ0) is 14.3. The second kappa shape index (κ2) is 5.05. The van der Waals surface area contributed by atoms with Gasteiger partial charge >= 0.3 is 0 Å². The van der Waals surface area contributed by atoms with Crippen LogP contribution >= 0.6 is 0 Å². The van der Waals surface area contributed by atoms with Gasteiger partial charge in [-0.15, -0.1) is 0 Å². The third kappa shape index (κ3) is 2.13. The third-order valence-corrected chi connectivity index (χ3v) is 5.47. The Kier molecular flexibility index (Phi) is 3.51. The Morgan fingerprint density at radius 2 is 1.95 bits per heavy atom. The number of hydrogen-bond donors (Lipinski definition) is 1. The molecule has 0 aromatic carbocycles. The second-order valence-electron chi connectivity index (χ2n) is 6.99. The molecule has 1 heterocycles. The van der Waals surface area contributed by atoms with Crippen molar-refractivity contribution < 1.29 is 9.59 Å². The summed E-state index contributed by atoms with van der Waals surface area (Å²) in [6, 6.07) is -0.238. The molecule has 1 aliphatic heterocycles. The first-order valence-electron chi connectivity index (χ1n) is 8.21. The van der Waals surface area contributed by atoms with Crippen molar-refractivity contribution in [2.45, 2.75) is 70.4 Å². The largest absolute Gasteiger partial charge is 0.342 e. The molecule has 0 aromatic heterocycles. The van der Waals surface area contributed by atoms with Gasteiger partial charge < -0.3 is 10.2 Å². The lowest BCUT2D eigenvalue weighted by molar-refractivity contribution is -0.158. The molecular formula is C16H26N2O2. The molecule has 20 heavy (non-hydrogen) atoms. The second-order valence-corrected chi connectivity index (χ2v) is 6.99. The van der Waals surface area contributed by atoms with Crippen molar-refractivity contribution in [3.05, 3.63) is 0 Å². The van der Waals surface area contributed by atoms with E-state index < -0.39 is 5.54 Å². The molecule has 3 rings (SSSR count). The van der Waals surface area contributed by atoms with Gasteiger partial charge in [0.15, 0.2) is 0 Å². The van der Waals surface area contributed by atoms with Gasteiger partial charge in [-0.1, -0.05) is 33.1 Å². The molecule has 2 unspecified atom stereocenters. The molecule has 2 amide bonds. The highest BCUT2D eigenvalue weighted by Crippen LogP contribution is 2.42. The molecule has 0 radical (unpaired) electrons. The summed E-state index contributed by atoms with van der Waals surface area (Å²) in [7, 11) is 0. The van der Waals surface area contributed by atoms with Gasteiger partial charge in [0, 0.05) is 6.54 Å². The average molecular weight is 278 g/mol. The van der Waals surface area contributed by atoms with Gasteiger partial charge in [-0.25, -0.2) is 0 Å². The maximum absolute atomic E-state index is 12.9. The lowest BCUT2D eigenvalue weighted by Gasteiger charge is -2.47. The van der Waals surface area contributed by atoms with E-state index in [4.69, 9.17) is 0 Å². The summed E-state index contributed by atoms with van der Waals surface area (Å²) in [4.78, 5) is 27.5. The van der Waals surface area contributed by atoms with Gasteiger partial charge in [-0.2, -0.15) is 0 Å². The van der Waals surface area contributed by atoms with Crippen molar-refractivity contribution >= 4 is 11.8 Å². The Hall–Kier alpha value is -1.06. The quantitative estimate of drug-likeness (QED) is 0.856. The summed E-state index contributed by atoms with van der Waals surface area (Å²) in [6.07, 6.45) is 7.03. The zero-order valence-corrected chi connectivity index (χ0v) is 12.7. The molecule has 112 valence electrons. The molecule has 4 nitrogen and oxygen atoms in total. The summed E-state index contributed by atoms with van der Waals surface area (Å²) in [5.41, 5.74) is -0.522. The summed E-state index contributed by atoms with van der Waals surface area (Å²) in [6.45, 7) is 5.07. The van der Waals surface area contributed by atoms with E-state index in [0.29, 0.717) is 11.8 Å². The van der Waals surface area contributed by atoms with Crippen LogP contribution in [0.2, 0.25) is 0 Å². The summed E-state index contributed by atoms with van der Waals surface area (Å²) < 4.78 is 0. The van der Waals surface area contributed by atoms with E-state index in [0.717, 1.165) is 51.5 Å². The van der Waals surface area contributed by atoms with Crippen LogP contribution in [0, 0.1) is 11.8 Å². The normalized spacial score (nSPS) is 30.7. The molecule has 3 aliphatic rings. The van der Waals surface area contributed by atoms with E-state index >= 15 is 0 Å². The first-order chi connectivity index (χ1) is 9.58. The van der Waals surface area contributed by atoms with Crippen molar-refractivity contribution in [1.29, 1.82) is 0 Å². The van der Waals surface area contributed by atoms with E-state index in [-0.39, 0.29) is 17.9 Å². The van der Waals surface area contributed by atoms with E-state index in [2.05, 4.69) is 19.2 Å². The number of amides is 2. The minimum atomic E-state index is -0.522. The molecular weight excluding hydrogens is 252 g/mol. The van der Waals surface area contributed by atoms with Crippen LogP contribution in [-0.4, -0.2) is 34.8 Å². The Balaban J connectivity index is 1.87. The highest BCUT2D eigenvalue weighted by Gasteiger charge is 2.56. The predicted molar refractivity (Wildman–Crippen MR) is 77.0 cm³/mol. The highest BCUT2D eigenvalue weighted by atomic mass is 16.2. The molecule has 1 saturated heterocycles. The maximum Gasteiger partial charge on any atom is 0.246 e. The van der Waals surface area contributed by atoms with Crippen molar-refractivity contribution in [2.24, 2.45) is 11.8 Å². The number of carbonyl (C=O) groups excluding carboxylic acids is 2. The number of nitrogens with one attached hydrogen (secondary N) is 1. The van der Waals surface area contributed by atoms with Crippen LogP contribution in [-0.2, 0) is 9.59 Å². The fourth-order valence-electron chi connectivity index (χ4n) is 3.75. The first-order valence-corrected chi connectivity index (χ1v) is 8.21. The number of carbonyl (C=O) groups is 2. The Morgan fingerprint density at radius 3 is 2.50 bits per heavy atom. The van der Waals surface area contributed by atoms with E-state index in [9.17, 15) is 9.59 Å². The number of nitrogens with zero attached hydrogens (tertiary/aromatic N) is 1. The van der Waals surface area contributed by atoms with Gasteiger partial charge in [0.2, 0.25) is 11.8 Å². The minimum Gasteiger partial charge on any atom is -0.342 e. The zero-order valence-electron chi connectivity index (χ0n) is 12.7. The van der Waals surface area contributed by atoms with Crippen LogP contribution < -0.4 is 5.32 Å². The Morgan fingerprint density at radius 1 is 1.30 bits per heavy atom. The van der Waals surface area contributed by atoms with Crippen molar-refractivity contribution in [2.75, 3.05) is 6.54 Å². The molecule has 3 fully saturated rings. The van der Waals surface area contributed by atoms with Crippen molar-refractivity contribution in [1.82, 2.24) is 10.2 Å². The molecule has 2 saturated carbocycles. The predicted octanol–water partition coefficient (Wildman–Crippen LogP) is 2.08. The van der Waals surface area contributed by atoms with Gasteiger partial charge in [-0.3, -0.25) is 9.59 Å². The summed E-state index contributed by atoms with van der Waals surface area (Å²) in [5, 5.41) is 3.05. The molecule has 1 spiro atoms. The van der Waals surface area contributed by atoms with Gasteiger partial charge in [-0.05, 0) is 37.5 Å². The fraction of sp³-hybridized carbons (Fsp3) is 0.875. The third-order valence-electron chi connectivity index (χ3n) is 5.47. The van der Waals surface area contributed by atoms with E-state index in [1.165, 1.54) is 0 Å². The lowest BCUT2D eigenvalue weighted by atomic mass is 9.87. The topological polar surface area (TPSA) is 49.4 Å². The standard InChI is InChI=1S/C16H26N2O2/c1-3-11(2)10-18-14(19)13(12-6-7-12)17-15(20)16(18)8-4-5-9-16/h11-13H,3-10H2,1-2H3,(H,17,20). The Labute approximate surface area is 121 Å². The SMILES string of the molecule is CCC(C)CN1C(=O)C(C2CC2)NC(=O)C12CCCC2. The Bertz CT molecular complexity index is 411. The smallest absolute Gasteiger partial charge is 0.246 e. The summed E-state index contributed by atoms with van der Waals surface area (Å²) in [5.74, 6) is 1.16. The molecule has 1 N–H and O–H groups in total. The van der Waals surface area contributed by atoms with Crippen LogP contribution in [0.4, 0.5) is 0 Å². The van der Waals surface area contributed by atoms with Gasteiger partial charge in [0.25, 0.3) is 0 Å². The average Bonchev–Trinajstić information content (AvgIpc) is 3.16. The molecule has 2 aliphatic carbocycles. The maximum atomic E-state index is 12.9. The van der Waals surface area contributed by atoms with Crippen LogP contribution in [0.25, 0.3) is 0 Å². The van der Waals surface area contributed by atoms with Crippen LogP contribution in [0.3, 0.4) is 0 Å². The molecule has 4 heteroatoms. The number of piperazine rings is 1. The van der Waals surface area contributed by atoms with Gasteiger partial charge in [0.1, 0.15) is 11.6 Å². The first kappa shape index (κ1) is 13.9. The van der Waals surface area contributed by atoms with Crippen LogP contribution in [0.5, 0.6) is 0 Å². The van der Waals surface area contributed by atoms with E-state index in [1.807, 2.05) is 4.90 Å². The van der Waals surface area contributed by atoms with Gasteiger partial charge in [0.05, 0.1) is 0 Å².